The summed E-state index contributed by atoms with van der Waals surface area (Å²) in [5.41, 5.74) is -0.575. The van der Waals surface area contributed by atoms with Crippen molar-refractivity contribution < 1.29 is 19.4 Å². The van der Waals surface area contributed by atoms with Crippen LogP contribution in [0.2, 0.25) is 0 Å². The van der Waals surface area contributed by atoms with Crippen LogP contribution in [0.3, 0.4) is 0 Å². The van der Waals surface area contributed by atoms with E-state index in [-0.39, 0.29) is 12.3 Å². The van der Waals surface area contributed by atoms with Crippen molar-refractivity contribution in [1.82, 2.24) is 15.1 Å². The quantitative estimate of drug-likeness (QED) is 0.833. The number of aromatic nitrogens is 2. The predicted octanol–water partition coefficient (Wildman–Crippen LogP) is 1.09. The largest absolute Gasteiger partial charge is 0.479 e. The number of para-hydroxylation sites is 1. The highest BCUT2D eigenvalue weighted by Gasteiger charge is 2.35. The van der Waals surface area contributed by atoms with Crippen molar-refractivity contribution in [2.75, 3.05) is 13.7 Å². The molecule has 0 fully saturated rings. The zero-order valence-corrected chi connectivity index (χ0v) is 12.3. The van der Waals surface area contributed by atoms with Crippen molar-refractivity contribution in [3.63, 3.8) is 0 Å². The minimum absolute atomic E-state index is 0.132. The Kier molecular flexibility index (Phi) is 4.57. The lowest BCUT2D eigenvalue weighted by molar-refractivity contribution is -0.145. The summed E-state index contributed by atoms with van der Waals surface area (Å²) in [5.74, 6) is -1.75. The summed E-state index contributed by atoms with van der Waals surface area (Å²) in [6.45, 7) is 1.23. The highest BCUT2D eigenvalue weighted by Crippen LogP contribution is 2.09. The number of carbonyl (C=O) groups is 2. The van der Waals surface area contributed by atoms with Gasteiger partial charge in [-0.2, -0.15) is 5.10 Å². The highest BCUT2D eigenvalue weighted by atomic mass is 16.5. The number of rotatable bonds is 6. The molecule has 1 heterocycles. The van der Waals surface area contributed by atoms with Crippen molar-refractivity contribution in [1.29, 1.82) is 0 Å². The number of carboxylic acids is 1. The second-order valence-electron chi connectivity index (χ2n) is 5.01. The molecular weight excluding hydrogens is 286 g/mol. The molecule has 1 unspecified atom stereocenters. The Hall–Kier alpha value is -2.67. The number of carboxylic acid groups (broad SMARTS) is 1. The lowest BCUT2D eigenvalue weighted by Crippen LogP contribution is -2.55. The van der Waals surface area contributed by atoms with Crippen LogP contribution in [0.5, 0.6) is 0 Å². The van der Waals surface area contributed by atoms with Crippen LogP contribution in [0.25, 0.3) is 5.69 Å². The standard InChI is InChI=1S/C15H17N3O4/c1-15(10-22-2,14(20)21)16-13(19)12-8-9-18(17-12)11-6-4-3-5-7-11/h3-9H,10H2,1-2H3,(H,16,19)(H,20,21). The third-order valence-corrected chi connectivity index (χ3v) is 3.14. The number of aliphatic carboxylic acids is 1. The molecular formula is C15H17N3O4. The fraction of sp³-hybridized carbons (Fsp3) is 0.267. The summed E-state index contributed by atoms with van der Waals surface area (Å²) in [4.78, 5) is 23.5. The summed E-state index contributed by atoms with van der Waals surface area (Å²) in [6.07, 6.45) is 1.64. The molecule has 0 radical (unpaired) electrons. The third-order valence-electron chi connectivity index (χ3n) is 3.14. The zero-order valence-electron chi connectivity index (χ0n) is 12.3. The van der Waals surface area contributed by atoms with Gasteiger partial charge in [-0.05, 0) is 25.1 Å². The molecule has 116 valence electrons. The van der Waals surface area contributed by atoms with Gasteiger partial charge in [-0.3, -0.25) is 4.79 Å². The number of carbonyl (C=O) groups excluding carboxylic acids is 1. The molecule has 1 amide bonds. The van der Waals surface area contributed by atoms with Crippen molar-refractivity contribution in [3.05, 3.63) is 48.3 Å². The van der Waals surface area contributed by atoms with Gasteiger partial charge in [0.05, 0.1) is 12.3 Å². The fourth-order valence-corrected chi connectivity index (χ4v) is 1.92. The molecule has 2 N–H and O–H groups in total. The smallest absolute Gasteiger partial charge is 0.331 e. The lowest BCUT2D eigenvalue weighted by Gasteiger charge is -2.24. The topological polar surface area (TPSA) is 93.5 Å². The molecule has 0 aliphatic heterocycles. The van der Waals surface area contributed by atoms with Crippen LogP contribution < -0.4 is 5.32 Å². The van der Waals surface area contributed by atoms with Gasteiger partial charge in [0, 0.05) is 13.3 Å². The van der Waals surface area contributed by atoms with E-state index in [2.05, 4.69) is 10.4 Å². The van der Waals surface area contributed by atoms with Gasteiger partial charge in [0.25, 0.3) is 5.91 Å². The van der Waals surface area contributed by atoms with Gasteiger partial charge in [-0.1, -0.05) is 18.2 Å². The van der Waals surface area contributed by atoms with Gasteiger partial charge >= 0.3 is 5.97 Å². The van der Waals surface area contributed by atoms with Crippen molar-refractivity contribution in [3.8, 4) is 5.69 Å². The number of benzene rings is 1. The molecule has 0 spiro atoms. The normalized spacial score (nSPS) is 13.4. The first-order valence-electron chi connectivity index (χ1n) is 6.62. The van der Waals surface area contributed by atoms with Gasteiger partial charge in [-0.25, -0.2) is 9.48 Å². The van der Waals surface area contributed by atoms with Crippen LogP contribution in [0.15, 0.2) is 42.6 Å². The van der Waals surface area contributed by atoms with E-state index in [1.807, 2.05) is 30.3 Å². The number of nitrogens with one attached hydrogen (secondary N) is 1. The molecule has 22 heavy (non-hydrogen) atoms. The Balaban J connectivity index is 2.17. The maximum Gasteiger partial charge on any atom is 0.331 e. The molecule has 1 atom stereocenters. The molecule has 0 saturated heterocycles. The zero-order chi connectivity index (χ0) is 16.2. The molecule has 0 aliphatic rings. The number of nitrogens with zero attached hydrogens (tertiary/aromatic N) is 2. The Labute approximate surface area is 127 Å². The minimum Gasteiger partial charge on any atom is -0.479 e. The molecule has 2 aromatic rings. The summed E-state index contributed by atoms with van der Waals surface area (Å²) in [6, 6.07) is 10.8. The first-order valence-corrected chi connectivity index (χ1v) is 6.62. The first-order chi connectivity index (χ1) is 10.5. The van der Waals surface area contributed by atoms with Crippen LogP contribution in [0.4, 0.5) is 0 Å². The van der Waals surface area contributed by atoms with E-state index in [0.717, 1.165) is 5.69 Å². The van der Waals surface area contributed by atoms with Crippen molar-refractivity contribution in [2.45, 2.75) is 12.5 Å². The molecule has 7 heteroatoms. The number of amides is 1. The van der Waals surface area contributed by atoms with Gasteiger partial charge in [0.15, 0.2) is 11.2 Å². The Morgan fingerprint density at radius 3 is 2.59 bits per heavy atom. The predicted molar refractivity (Wildman–Crippen MR) is 78.9 cm³/mol. The third kappa shape index (κ3) is 3.32. The van der Waals surface area contributed by atoms with E-state index in [0.29, 0.717) is 0 Å². The molecule has 2 rings (SSSR count). The van der Waals surface area contributed by atoms with E-state index in [9.17, 15) is 14.7 Å². The van der Waals surface area contributed by atoms with Gasteiger partial charge in [0.1, 0.15) is 0 Å². The maximum atomic E-state index is 12.2. The number of hydrogen-bond acceptors (Lipinski definition) is 4. The minimum atomic E-state index is -1.51. The molecule has 0 saturated carbocycles. The average molecular weight is 303 g/mol. The van der Waals surface area contributed by atoms with E-state index in [4.69, 9.17) is 4.74 Å². The number of methoxy groups -OCH3 is 1. The van der Waals surface area contributed by atoms with Gasteiger partial charge in [-0.15, -0.1) is 0 Å². The monoisotopic (exact) mass is 303 g/mol. The number of ether oxygens (including phenoxy) is 1. The summed E-state index contributed by atoms with van der Waals surface area (Å²) in [5, 5.41) is 15.8. The SMILES string of the molecule is COCC(C)(NC(=O)c1ccn(-c2ccccc2)n1)C(=O)O. The second-order valence-corrected chi connectivity index (χ2v) is 5.01. The molecule has 1 aromatic heterocycles. The van der Waals surface area contributed by atoms with E-state index >= 15 is 0 Å². The van der Waals surface area contributed by atoms with Gasteiger partial charge in [0.2, 0.25) is 0 Å². The maximum absolute atomic E-state index is 12.2. The molecule has 1 aromatic carbocycles. The van der Waals surface area contributed by atoms with Gasteiger partial charge < -0.3 is 15.2 Å². The van der Waals surface area contributed by atoms with Crippen LogP contribution in [-0.4, -0.2) is 46.0 Å². The van der Waals surface area contributed by atoms with Crippen molar-refractivity contribution in [2.24, 2.45) is 0 Å². The Morgan fingerprint density at radius 1 is 1.32 bits per heavy atom. The molecule has 0 bridgehead atoms. The Morgan fingerprint density at radius 2 is 2.00 bits per heavy atom. The van der Waals surface area contributed by atoms with Crippen molar-refractivity contribution >= 4 is 11.9 Å². The first kappa shape index (κ1) is 15.7. The van der Waals surface area contributed by atoms with E-state index in [1.165, 1.54) is 20.1 Å². The van der Waals surface area contributed by atoms with Crippen LogP contribution in [-0.2, 0) is 9.53 Å². The Bertz CT molecular complexity index is 668. The second kappa shape index (κ2) is 6.40. The van der Waals surface area contributed by atoms with Crippen LogP contribution in [0, 0.1) is 0 Å². The summed E-state index contributed by atoms with van der Waals surface area (Å²) in [7, 11) is 1.37. The fourth-order valence-electron chi connectivity index (χ4n) is 1.92. The molecule has 0 aliphatic carbocycles. The van der Waals surface area contributed by atoms with E-state index in [1.54, 1.807) is 10.9 Å². The van der Waals surface area contributed by atoms with Crippen LogP contribution >= 0.6 is 0 Å². The van der Waals surface area contributed by atoms with Crippen LogP contribution in [0.1, 0.15) is 17.4 Å². The average Bonchev–Trinajstić information content (AvgIpc) is 2.98. The number of hydrogen-bond donors (Lipinski definition) is 2. The van der Waals surface area contributed by atoms with E-state index < -0.39 is 17.4 Å². The highest BCUT2D eigenvalue weighted by molar-refractivity contribution is 5.96. The summed E-state index contributed by atoms with van der Waals surface area (Å²) >= 11 is 0. The summed E-state index contributed by atoms with van der Waals surface area (Å²) < 4.78 is 6.40. The lowest BCUT2D eigenvalue weighted by atomic mass is 10.0. The molecule has 7 nitrogen and oxygen atoms in total.